The molecule has 0 fully saturated rings. The molecule has 0 unspecified atom stereocenters. The Kier molecular flexibility index (Phi) is 4.70. The quantitative estimate of drug-likeness (QED) is 0.525. The van der Waals surface area contributed by atoms with Crippen LogP contribution in [0.3, 0.4) is 0 Å². The van der Waals surface area contributed by atoms with Gasteiger partial charge in [0.25, 0.3) is 5.69 Å². The average molecular weight is 326 g/mol. The van der Waals surface area contributed by atoms with Gasteiger partial charge in [-0.2, -0.15) is 0 Å². The van der Waals surface area contributed by atoms with Crippen LogP contribution in [-0.4, -0.2) is 4.92 Å². The van der Waals surface area contributed by atoms with E-state index in [0.29, 0.717) is 27.1 Å². The summed E-state index contributed by atoms with van der Waals surface area (Å²) in [6.07, 6.45) is 0. The minimum absolute atomic E-state index is 0.00893. The second kappa shape index (κ2) is 6.33. The molecule has 2 aromatic carbocycles. The van der Waals surface area contributed by atoms with E-state index < -0.39 is 4.92 Å². The zero-order chi connectivity index (χ0) is 15.6. The Morgan fingerprint density at radius 3 is 2.43 bits per heavy atom. The molecule has 21 heavy (non-hydrogen) atoms. The molecule has 4 nitrogen and oxygen atoms in total. The Balaban J connectivity index is 2.37. The van der Waals surface area contributed by atoms with E-state index in [1.54, 1.807) is 30.3 Å². The number of ether oxygens (including phenoxy) is 1. The fourth-order valence-corrected chi connectivity index (χ4v) is 2.36. The van der Waals surface area contributed by atoms with Crippen LogP contribution in [-0.2, 0) is 0 Å². The molecule has 0 aliphatic carbocycles. The first-order chi connectivity index (χ1) is 9.88. The SMILES string of the molecule is CC(C)c1cc(Oc2ccc(Cl)cc2Cl)ccc1[N+](=O)[O-]. The summed E-state index contributed by atoms with van der Waals surface area (Å²) in [7, 11) is 0. The molecule has 0 bridgehead atoms. The number of rotatable bonds is 4. The number of hydrogen-bond acceptors (Lipinski definition) is 3. The zero-order valence-corrected chi connectivity index (χ0v) is 13.0. The van der Waals surface area contributed by atoms with Crippen LogP contribution in [0, 0.1) is 10.1 Å². The minimum Gasteiger partial charge on any atom is -0.456 e. The van der Waals surface area contributed by atoms with Crippen molar-refractivity contribution in [2.75, 3.05) is 0 Å². The number of nitro groups is 1. The summed E-state index contributed by atoms with van der Waals surface area (Å²) >= 11 is 11.9. The van der Waals surface area contributed by atoms with Crippen molar-refractivity contribution in [3.8, 4) is 11.5 Å². The Bertz CT molecular complexity index is 687. The van der Waals surface area contributed by atoms with Crippen molar-refractivity contribution in [3.05, 3.63) is 62.1 Å². The number of nitro benzene ring substituents is 1. The highest BCUT2D eigenvalue weighted by molar-refractivity contribution is 6.35. The Morgan fingerprint density at radius 1 is 1.14 bits per heavy atom. The third kappa shape index (κ3) is 3.65. The van der Waals surface area contributed by atoms with Crippen molar-refractivity contribution in [2.45, 2.75) is 19.8 Å². The lowest BCUT2D eigenvalue weighted by atomic mass is 10.0. The van der Waals surface area contributed by atoms with Gasteiger partial charge in [-0.3, -0.25) is 10.1 Å². The van der Waals surface area contributed by atoms with Crippen LogP contribution in [0.5, 0.6) is 11.5 Å². The van der Waals surface area contributed by atoms with Crippen molar-refractivity contribution >= 4 is 28.9 Å². The first-order valence-electron chi connectivity index (χ1n) is 6.29. The Labute approximate surface area is 132 Å². The molecule has 0 N–H and O–H groups in total. The Morgan fingerprint density at radius 2 is 1.86 bits per heavy atom. The average Bonchev–Trinajstić information content (AvgIpc) is 2.41. The second-order valence-electron chi connectivity index (χ2n) is 4.81. The maximum atomic E-state index is 11.0. The van der Waals surface area contributed by atoms with Crippen LogP contribution in [0.4, 0.5) is 5.69 Å². The number of benzene rings is 2. The molecular weight excluding hydrogens is 313 g/mol. The number of halogens is 2. The highest BCUT2D eigenvalue weighted by Gasteiger charge is 2.17. The normalized spacial score (nSPS) is 10.7. The van der Waals surface area contributed by atoms with E-state index in [1.165, 1.54) is 6.07 Å². The molecule has 110 valence electrons. The summed E-state index contributed by atoms with van der Waals surface area (Å²) in [5.74, 6) is 0.952. The molecule has 0 amide bonds. The van der Waals surface area contributed by atoms with Gasteiger partial charge < -0.3 is 4.74 Å². The molecule has 2 rings (SSSR count). The van der Waals surface area contributed by atoms with Crippen LogP contribution in [0.25, 0.3) is 0 Å². The third-order valence-electron chi connectivity index (χ3n) is 2.94. The van der Waals surface area contributed by atoms with Gasteiger partial charge in [0, 0.05) is 16.7 Å². The molecule has 6 heteroatoms. The topological polar surface area (TPSA) is 52.4 Å². The van der Waals surface area contributed by atoms with Crippen LogP contribution < -0.4 is 4.74 Å². The maximum Gasteiger partial charge on any atom is 0.273 e. The summed E-state index contributed by atoms with van der Waals surface area (Å²) in [6, 6.07) is 9.54. The van der Waals surface area contributed by atoms with Crippen LogP contribution >= 0.6 is 23.2 Å². The van der Waals surface area contributed by atoms with Gasteiger partial charge in [0.05, 0.1) is 9.95 Å². The van der Waals surface area contributed by atoms with Gasteiger partial charge in [-0.15, -0.1) is 0 Å². The van der Waals surface area contributed by atoms with Gasteiger partial charge in [0.15, 0.2) is 0 Å². The zero-order valence-electron chi connectivity index (χ0n) is 11.5. The van der Waals surface area contributed by atoms with Gasteiger partial charge in [-0.1, -0.05) is 37.0 Å². The third-order valence-corrected chi connectivity index (χ3v) is 3.47. The lowest BCUT2D eigenvalue weighted by molar-refractivity contribution is -0.385. The monoisotopic (exact) mass is 325 g/mol. The van der Waals surface area contributed by atoms with Crippen molar-refractivity contribution in [2.24, 2.45) is 0 Å². The van der Waals surface area contributed by atoms with E-state index in [1.807, 2.05) is 13.8 Å². The van der Waals surface area contributed by atoms with E-state index in [4.69, 9.17) is 27.9 Å². The summed E-state index contributed by atoms with van der Waals surface area (Å²) in [5, 5.41) is 11.9. The molecule has 0 saturated heterocycles. The molecule has 0 spiro atoms. The molecule has 0 aliphatic rings. The molecular formula is C15H13Cl2NO3. The Hall–Kier alpha value is -1.78. The standard InChI is InChI=1S/C15H13Cl2NO3/c1-9(2)12-8-11(4-5-14(12)18(19)20)21-15-6-3-10(16)7-13(15)17/h3-9H,1-2H3. The fraction of sp³-hybridized carbons (Fsp3) is 0.200. The molecule has 0 aliphatic heterocycles. The van der Waals surface area contributed by atoms with Crippen molar-refractivity contribution in [3.63, 3.8) is 0 Å². The second-order valence-corrected chi connectivity index (χ2v) is 5.65. The smallest absolute Gasteiger partial charge is 0.273 e. The summed E-state index contributed by atoms with van der Waals surface area (Å²) in [5.41, 5.74) is 0.696. The molecule has 2 aromatic rings. The van der Waals surface area contributed by atoms with Gasteiger partial charge in [-0.05, 0) is 36.2 Å². The van der Waals surface area contributed by atoms with Crippen LogP contribution in [0.15, 0.2) is 36.4 Å². The largest absolute Gasteiger partial charge is 0.456 e. The van der Waals surface area contributed by atoms with Crippen LogP contribution in [0.2, 0.25) is 10.0 Å². The van der Waals surface area contributed by atoms with E-state index in [0.717, 1.165) is 0 Å². The van der Waals surface area contributed by atoms with Gasteiger partial charge in [-0.25, -0.2) is 0 Å². The molecule has 0 aromatic heterocycles. The van der Waals surface area contributed by atoms with E-state index >= 15 is 0 Å². The molecule has 0 saturated carbocycles. The van der Waals surface area contributed by atoms with Gasteiger partial charge >= 0.3 is 0 Å². The maximum absolute atomic E-state index is 11.0. The van der Waals surface area contributed by atoms with Crippen LogP contribution in [0.1, 0.15) is 25.3 Å². The fourth-order valence-electron chi connectivity index (χ4n) is 1.91. The molecule has 0 heterocycles. The van der Waals surface area contributed by atoms with Gasteiger partial charge in [0.1, 0.15) is 11.5 Å². The van der Waals surface area contributed by atoms with Gasteiger partial charge in [0.2, 0.25) is 0 Å². The van der Waals surface area contributed by atoms with Crippen molar-refractivity contribution in [1.29, 1.82) is 0 Å². The minimum atomic E-state index is -0.394. The lowest BCUT2D eigenvalue weighted by Crippen LogP contribution is -1.98. The van der Waals surface area contributed by atoms with E-state index in [9.17, 15) is 10.1 Å². The highest BCUT2D eigenvalue weighted by atomic mass is 35.5. The van der Waals surface area contributed by atoms with Crippen molar-refractivity contribution in [1.82, 2.24) is 0 Å². The highest BCUT2D eigenvalue weighted by Crippen LogP contribution is 2.35. The number of hydrogen-bond donors (Lipinski definition) is 0. The predicted molar refractivity (Wildman–Crippen MR) is 83.7 cm³/mol. The van der Waals surface area contributed by atoms with E-state index in [-0.39, 0.29) is 11.6 Å². The first kappa shape index (κ1) is 15.6. The summed E-state index contributed by atoms with van der Waals surface area (Å²) in [6.45, 7) is 3.78. The molecule has 0 radical (unpaired) electrons. The predicted octanol–water partition coefficient (Wildman–Crippen LogP) is 5.82. The summed E-state index contributed by atoms with van der Waals surface area (Å²) in [4.78, 5) is 10.6. The lowest BCUT2D eigenvalue weighted by Gasteiger charge is -2.11. The van der Waals surface area contributed by atoms with E-state index in [2.05, 4.69) is 0 Å². The summed E-state index contributed by atoms with van der Waals surface area (Å²) < 4.78 is 5.68. The first-order valence-corrected chi connectivity index (χ1v) is 7.05. The number of nitrogens with zero attached hydrogens (tertiary/aromatic N) is 1. The molecule has 0 atom stereocenters. The van der Waals surface area contributed by atoms with Crippen molar-refractivity contribution < 1.29 is 9.66 Å².